The lowest BCUT2D eigenvalue weighted by Gasteiger charge is -2.40. The summed E-state index contributed by atoms with van der Waals surface area (Å²) in [5.41, 5.74) is 5.41. The Morgan fingerprint density at radius 3 is 2.26 bits per heavy atom. The maximum Gasteiger partial charge on any atom is 0.233 e. The molecule has 2 saturated heterocycles. The summed E-state index contributed by atoms with van der Waals surface area (Å²) in [5.74, 6) is 0.192. The molecular weight excluding hydrogens is 388 g/mol. The Bertz CT molecular complexity index is 894. The molecule has 0 aromatic heterocycles. The van der Waals surface area contributed by atoms with Gasteiger partial charge in [0.1, 0.15) is 0 Å². The number of benzene rings is 2. The summed E-state index contributed by atoms with van der Waals surface area (Å²) in [6.45, 7) is 9.33. The van der Waals surface area contributed by atoms with Crippen LogP contribution in [0.25, 0.3) is 0 Å². The molecule has 2 aliphatic rings. The summed E-state index contributed by atoms with van der Waals surface area (Å²) in [4.78, 5) is 18.3. The van der Waals surface area contributed by atoms with Crippen LogP contribution >= 0.6 is 0 Å². The highest BCUT2D eigenvalue weighted by Gasteiger charge is 2.43. The van der Waals surface area contributed by atoms with Crippen molar-refractivity contribution in [3.8, 4) is 0 Å². The van der Waals surface area contributed by atoms with Crippen LogP contribution in [0.3, 0.4) is 0 Å². The number of carbonyl (C=O) groups is 1. The van der Waals surface area contributed by atoms with Gasteiger partial charge in [-0.15, -0.1) is 0 Å². The van der Waals surface area contributed by atoms with Gasteiger partial charge in [0.15, 0.2) is 0 Å². The van der Waals surface area contributed by atoms with E-state index in [-0.39, 0.29) is 5.91 Å². The van der Waals surface area contributed by atoms with E-state index < -0.39 is 5.41 Å². The molecule has 5 nitrogen and oxygen atoms in total. The minimum absolute atomic E-state index is 0.192. The topological polar surface area (TPSA) is 42.0 Å². The second kappa shape index (κ2) is 9.41. The number of carbonyl (C=O) groups excluding carboxylic acids is 1. The number of hydrogen-bond acceptors (Lipinski definition) is 4. The highest BCUT2D eigenvalue weighted by molar-refractivity contribution is 5.88. The van der Waals surface area contributed by atoms with Crippen molar-refractivity contribution >= 4 is 11.6 Å². The molecule has 2 aliphatic heterocycles. The van der Waals surface area contributed by atoms with Crippen LogP contribution in [0.4, 0.5) is 5.69 Å². The third-order valence-electron chi connectivity index (χ3n) is 6.63. The normalized spacial score (nSPS) is 18.6. The summed E-state index contributed by atoms with van der Waals surface area (Å²) in [6, 6.07) is 15.0. The van der Waals surface area contributed by atoms with Crippen LogP contribution in [0.1, 0.15) is 35.1 Å². The molecule has 2 aromatic carbocycles. The second-order valence-corrected chi connectivity index (χ2v) is 8.96. The van der Waals surface area contributed by atoms with E-state index in [2.05, 4.69) is 61.2 Å². The standard InChI is InChI=1S/C26H34N2O3/c1-20-16-21(2)18-23(17-20)26(8-12-30-13-9-26)25(29)27(3)19-22-6-4-5-7-24(22)28-10-14-31-15-11-28/h4-7,16-18H,8-15,19H2,1-3H3. The third-order valence-corrected chi connectivity index (χ3v) is 6.63. The number of rotatable bonds is 5. The molecular formula is C26H34N2O3. The highest BCUT2D eigenvalue weighted by Crippen LogP contribution is 2.38. The average molecular weight is 423 g/mol. The van der Waals surface area contributed by atoms with Gasteiger partial charge in [-0.05, 0) is 43.9 Å². The number of aryl methyl sites for hydroxylation is 2. The van der Waals surface area contributed by atoms with Gasteiger partial charge >= 0.3 is 0 Å². The van der Waals surface area contributed by atoms with Crippen molar-refractivity contribution in [3.05, 3.63) is 64.7 Å². The predicted octanol–water partition coefficient (Wildman–Crippen LogP) is 3.85. The third kappa shape index (κ3) is 4.63. The number of nitrogens with zero attached hydrogens (tertiary/aromatic N) is 2. The maximum atomic E-state index is 14.0. The maximum absolute atomic E-state index is 14.0. The van der Waals surface area contributed by atoms with E-state index in [1.54, 1.807) is 0 Å². The first-order chi connectivity index (χ1) is 15.0. The average Bonchev–Trinajstić information content (AvgIpc) is 2.79. The Kier molecular flexibility index (Phi) is 6.63. The van der Waals surface area contributed by atoms with Crippen LogP contribution in [0, 0.1) is 13.8 Å². The minimum Gasteiger partial charge on any atom is -0.381 e. The van der Waals surface area contributed by atoms with Crippen molar-refractivity contribution in [2.45, 2.75) is 38.6 Å². The van der Waals surface area contributed by atoms with E-state index in [0.717, 1.165) is 44.7 Å². The van der Waals surface area contributed by atoms with Crippen LogP contribution < -0.4 is 4.90 Å². The van der Waals surface area contributed by atoms with Crippen molar-refractivity contribution in [2.75, 3.05) is 51.5 Å². The zero-order chi connectivity index (χ0) is 21.8. The van der Waals surface area contributed by atoms with E-state index in [0.29, 0.717) is 19.8 Å². The Hall–Kier alpha value is -2.37. The zero-order valence-electron chi connectivity index (χ0n) is 19.0. The smallest absolute Gasteiger partial charge is 0.233 e. The molecule has 0 unspecified atom stereocenters. The van der Waals surface area contributed by atoms with Crippen LogP contribution in [0.15, 0.2) is 42.5 Å². The molecule has 0 spiro atoms. The molecule has 0 bridgehead atoms. The number of morpholine rings is 1. The van der Waals surface area contributed by atoms with Gasteiger partial charge < -0.3 is 19.3 Å². The molecule has 5 heteroatoms. The molecule has 0 aliphatic carbocycles. The second-order valence-electron chi connectivity index (χ2n) is 8.96. The molecule has 0 saturated carbocycles. The fourth-order valence-electron chi connectivity index (χ4n) is 5.05. The number of amides is 1. The minimum atomic E-state index is -0.516. The molecule has 166 valence electrons. The highest BCUT2D eigenvalue weighted by atomic mass is 16.5. The monoisotopic (exact) mass is 422 g/mol. The molecule has 2 fully saturated rings. The quantitative estimate of drug-likeness (QED) is 0.734. The number of para-hydroxylation sites is 1. The van der Waals surface area contributed by atoms with Crippen molar-refractivity contribution in [3.63, 3.8) is 0 Å². The SMILES string of the molecule is Cc1cc(C)cc(C2(C(=O)N(C)Cc3ccccc3N3CCOCC3)CCOCC2)c1. The summed E-state index contributed by atoms with van der Waals surface area (Å²) in [5, 5.41) is 0. The van der Waals surface area contributed by atoms with Crippen molar-refractivity contribution in [1.82, 2.24) is 4.90 Å². The van der Waals surface area contributed by atoms with Crippen molar-refractivity contribution in [1.29, 1.82) is 0 Å². The molecule has 0 N–H and O–H groups in total. The van der Waals surface area contributed by atoms with Crippen molar-refractivity contribution in [2.24, 2.45) is 0 Å². The van der Waals surface area contributed by atoms with E-state index in [4.69, 9.17) is 9.47 Å². The fourth-order valence-corrected chi connectivity index (χ4v) is 5.05. The summed E-state index contributed by atoms with van der Waals surface area (Å²) < 4.78 is 11.2. The lowest BCUT2D eigenvalue weighted by Crippen LogP contribution is -2.48. The van der Waals surface area contributed by atoms with Gasteiger partial charge in [-0.2, -0.15) is 0 Å². The first-order valence-corrected chi connectivity index (χ1v) is 11.3. The Morgan fingerprint density at radius 1 is 0.968 bits per heavy atom. The number of likely N-dealkylation sites (N-methyl/N-ethyl adjacent to an activating group) is 1. The molecule has 31 heavy (non-hydrogen) atoms. The van der Waals surface area contributed by atoms with Gasteiger partial charge in [0, 0.05) is 45.6 Å². The Labute approximate surface area is 185 Å². The first kappa shape index (κ1) is 21.8. The Balaban J connectivity index is 1.61. The number of ether oxygens (including phenoxy) is 2. The molecule has 2 aromatic rings. The Morgan fingerprint density at radius 2 is 1.58 bits per heavy atom. The fraction of sp³-hybridized carbons (Fsp3) is 0.500. The van der Waals surface area contributed by atoms with E-state index in [9.17, 15) is 4.79 Å². The predicted molar refractivity (Wildman–Crippen MR) is 124 cm³/mol. The van der Waals surface area contributed by atoms with Crippen LogP contribution in [0.5, 0.6) is 0 Å². The molecule has 0 radical (unpaired) electrons. The van der Waals surface area contributed by atoms with Crippen LogP contribution in [-0.4, -0.2) is 57.4 Å². The van der Waals surface area contributed by atoms with Gasteiger partial charge in [0.2, 0.25) is 5.91 Å². The van der Waals surface area contributed by atoms with Gasteiger partial charge in [0.05, 0.1) is 18.6 Å². The van der Waals surface area contributed by atoms with Gasteiger partial charge in [-0.3, -0.25) is 4.79 Å². The van der Waals surface area contributed by atoms with Gasteiger partial charge in [-0.25, -0.2) is 0 Å². The lowest BCUT2D eigenvalue weighted by molar-refractivity contribution is -0.140. The lowest BCUT2D eigenvalue weighted by atomic mass is 9.72. The van der Waals surface area contributed by atoms with Gasteiger partial charge in [0.25, 0.3) is 0 Å². The van der Waals surface area contributed by atoms with Crippen LogP contribution in [-0.2, 0) is 26.2 Å². The summed E-state index contributed by atoms with van der Waals surface area (Å²) in [7, 11) is 1.94. The molecule has 4 rings (SSSR count). The van der Waals surface area contributed by atoms with Crippen LogP contribution in [0.2, 0.25) is 0 Å². The largest absolute Gasteiger partial charge is 0.381 e. The van der Waals surface area contributed by atoms with Gasteiger partial charge in [-0.1, -0.05) is 47.5 Å². The molecule has 1 amide bonds. The van der Waals surface area contributed by atoms with E-state index >= 15 is 0 Å². The van der Waals surface area contributed by atoms with E-state index in [1.807, 2.05) is 11.9 Å². The summed E-state index contributed by atoms with van der Waals surface area (Å²) >= 11 is 0. The van der Waals surface area contributed by atoms with E-state index in [1.165, 1.54) is 22.4 Å². The summed E-state index contributed by atoms with van der Waals surface area (Å²) in [6.07, 6.45) is 1.45. The number of hydrogen-bond donors (Lipinski definition) is 0. The van der Waals surface area contributed by atoms with Crippen molar-refractivity contribution < 1.29 is 14.3 Å². The zero-order valence-corrected chi connectivity index (χ0v) is 19.0. The molecule has 2 heterocycles. The number of anilines is 1. The first-order valence-electron chi connectivity index (χ1n) is 11.3. The molecule has 0 atom stereocenters.